The van der Waals surface area contributed by atoms with Gasteiger partial charge in [0.05, 0.1) is 11.6 Å². The van der Waals surface area contributed by atoms with Crippen LogP contribution >= 0.6 is 0 Å². The molecule has 0 aromatic heterocycles. The van der Waals surface area contributed by atoms with Gasteiger partial charge in [-0.1, -0.05) is 66.7 Å². The van der Waals surface area contributed by atoms with Crippen LogP contribution in [-0.2, 0) is 6.18 Å². The molecule has 0 amide bonds. The molecule has 2 heterocycles. The van der Waals surface area contributed by atoms with Gasteiger partial charge < -0.3 is 4.90 Å². The number of ketones is 3. The second-order valence-corrected chi connectivity index (χ2v) is 10.8. The molecular formula is C34H21F4NO3. The fraction of sp³-hybridized carbons (Fsp3) is 0.147. The molecule has 3 atom stereocenters. The van der Waals surface area contributed by atoms with Crippen LogP contribution < -0.4 is 4.90 Å². The van der Waals surface area contributed by atoms with Gasteiger partial charge in [-0.05, 0) is 53.6 Å². The summed E-state index contributed by atoms with van der Waals surface area (Å²) in [6, 6.07) is 20.8. The summed E-state index contributed by atoms with van der Waals surface area (Å²) in [7, 11) is 0. The van der Waals surface area contributed by atoms with E-state index < -0.39 is 58.3 Å². The first-order valence-electron chi connectivity index (χ1n) is 13.3. The summed E-state index contributed by atoms with van der Waals surface area (Å²) < 4.78 is 54.5. The molecule has 1 spiro atoms. The van der Waals surface area contributed by atoms with Gasteiger partial charge >= 0.3 is 6.18 Å². The van der Waals surface area contributed by atoms with Gasteiger partial charge in [0.1, 0.15) is 17.3 Å². The molecule has 4 aromatic rings. The normalized spacial score (nSPS) is 21.8. The summed E-state index contributed by atoms with van der Waals surface area (Å²) in [6.07, 6.45) is -1.07. The number of fused-ring (bicyclic) bond motifs is 5. The highest BCUT2D eigenvalue weighted by Crippen LogP contribution is 2.61. The minimum atomic E-state index is -4.61. The van der Waals surface area contributed by atoms with E-state index >= 15 is 0 Å². The number of hydrogen-bond donors (Lipinski definition) is 0. The van der Waals surface area contributed by atoms with E-state index in [-0.39, 0.29) is 22.3 Å². The average Bonchev–Trinajstić information content (AvgIpc) is 3.43. The molecule has 0 N–H and O–H groups in total. The molecule has 0 bridgehead atoms. The molecular weight excluding hydrogens is 546 g/mol. The Morgan fingerprint density at radius 2 is 1.36 bits per heavy atom. The van der Waals surface area contributed by atoms with Gasteiger partial charge in [-0.3, -0.25) is 14.4 Å². The van der Waals surface area contributed by atoms with Crippen molar-refractivity contribution in [1.29, 1.82) is 0 Å². The van der Waals surface area contributed by atoms with Gasteiger partial charge in [0, 0.05) is 28.3 Å². The monoisotopic (exact) mass is 567 g/mol. The Labute approximate surface area is 237 Å². The van der Waals surface area contributed by atoms with Crippen LogP contribution in [0, 0.1) is 11.2 Å². The number of hydrogen-bond acceptors (Lipinski definition) is 4. The maximum absolute atomic E-state index is 14.5. The highest BCUT2D eigenvalue weighted by molar-refractivity contribution is 6.32. The Kier molecular flexibility index (Phi) is 5.63. The average molecular weight is 568 g/mol. The Morgan fingerprint density at radius 3 is 1.98 bits per heavy atom. The standard InChI is InChI=1S/C34H21F4NO3/c35-23-16-11-21(12-17-23)30(40)29-28(20-9-14-22(15-10-20)34(36,37)38)33(31(41)24-6-2-3-7-25(24)32(33)42)27-18-13-19-5-1-4-8-26(19)39(27)29/h1-18,27-29H/t27-,28+,29+/m1/s1. The molecule has 0 unspecified atom stereocenters. The second-order valence-electron chi connectivity index (χ2n) is 10.8. The van der Waals surface area contributed by atoms with Crippen molar-refractivity contribution in [3.63, 3.8) is 0 Å². The fourth-order valence-corrected chi connectivity index (χ4v) is 6.95. The third-order valence-corrected chi connectivity index (χ3v) is 8.71. The SMILES string of the molecule is O=C(c1ccc(F)cc1)[C@@H]1[C@H](c2ccc(C(F)(F)F)cc2)C2(C(=O)c3ccccc3C2=O)[C@H]2C=Cc3ccccc3N12. The van der Waals surface area contributed by atoms with Gasteiger partial charge in [-0.25, -0.2) is 4.39 Å². The highest BCUT2D eigenvalue weighted by atomic mass is 19.4. The predicted molar refractivity (Wildman–Crippen MR) is 148 cm³/mol. The first-order chi connectivity index (χ1) is 20.1. The molecule has 1 aliphatic carbocycles. The maximum Gasteiger partial charge on any atom is 0.416 e. The number of carbonyl (C=O) groups excluding carboxylic acids is 3. The first-order valence-corrected chi connectivity index (χ1v) is 13.3. The van der Waals surface area contributed by atoms with E-state index in [1.54, 1.807) is 53.5 Å². The van der Waals surface area contributed by atoms with Crippen molar-refractivity contribution in [2.75, 3.05) is 4.90 Å². The van der Waals surface area contributed by atoms with Crippen LogP contribution in [0.15, 0.2) is 103 Å². The molecule has 208 valence electrons. The summed E-state index contributed by atoms with van der Waals surface area (Å²) in [5.74, 6) is -3.16. The number of benzene rings is 4. The molecule has 0 saturated carbocycles. The van der Waals surface area contributed by atoms with Gasteiger partial charge in [0.25, 0.3) is 0 Å². The smallest absolute Gasteiger partial charge is 0.352 e. The first kappa shape index (κ1) is 26.1. The van der Waals surface area contributed by atoms with Crippen LogP contribution in [0.3, 0.4) is 0 Å². The zero-order valence-corrected chi connectivity index (χ0v) is 21.8. The zero-order chi connectivity index (χ0) is 29.4. The Balaban J connectivity index is 1.53. The number of anilines is 1. The summed E-state index contributed by atoms with van der Waals surface area (Å²) in [4.78, 5) is 45.3. The molecule has 0 radical (unpaired) electrons. The van der Waals surface area contributed by atoms with Crippen LogP contribution in [0.25, 0.3) is 6.08 Å². The van der Waals surface area contributed by atoms with E-state index in [1.165, 1.54) is 24.3 Å². The summed E-state index contributed by atoms with van der Waals surface area (Å²) in [6.45, 7) is 0. The summed E-state index contributed by atoms with van der Waals surface area (Å²) >= 11 is 0. The van der Waals surface area contributed by atoms with Crippen molar-refractivity contribution >= 4 is 29.1 Å². The number of nitrogens with zero attached hydrogens (tertiary/aromatic N) is 1. The van der Waals surface area contributed by atoms with Crippen LogP contribution in [-0.4, -0.2) is 29.4 Å². The van der Waals surface area contributed by atoms with E-state index in [0.29, 0.717) is 5.69 Å². The van der Waals surface area contributed by atoms with Crippen LogP contribution in [0.4, 0.5) is 23.2 Å². The molecule has 7 rings (SSSR count). The third-order valence-electron chi connectivity index (χ3n) is 8.71. The molecule has 1 saturated heterocycles. The van der Waals surface area contributed by atoms with Gasteiger partial charge in [0.2, 0.25) is 0 Å². The Hall–Kier alpha value is -4.85. The van der Waals surface area contributed by atoms with Crippen molar-refractivity contribution < 1.29 is 31.9 Å². The predicted octanol–water partition coefficient (Wildman–Crippen LogP) is 7.16. The lowest BCUT2D eigenvalue weighted by atomic mass is 9.64. The molecule has 4 aromatic carbocycles. The van der Waals surface area contributed by atoms with E-state index in [0.717, 1.165) is 29.8 Å². The van der Waals surface area contributed by atoms with Crippen molar-refractivity contribution in [2.24, 2.45) is 5.41 Å². The van der Waals surface area contributed by atoms with E-state index in [4.69, 9.17) is 0 Å². The largest absolute Gasteiger partial charge is 0.416 e. The van der Waals surface area contributed by atoms with Crippen molar-refractivity contribution in [3.8, 4) is 0 Å². The lowest BCUT2D eigenvalue weighted by Gasteiger charge is -2.37. The number of halogens is 4. The van der Waals surface area contributed by atoms with Crippen molar-refractivity contribution in [1.82, 2.24) is 0 Å². The molecule has 42 heavy (non-hydrogen) atoms. The lowest BCUT2D eigenvalue weighted by Crippen LogP contribution is -2.48. The van der Waals surface area contributed by atoms with Crippen molar-refractivity contribution in [2.45, 2.75) is 24.2 Å². The van der Waals surface area contributed by atoms with Crippen LogP contribution in [0.2, 0.25) is 0 Å². The summed E-state index contributed by atoms with van der Waals surface area (Å²) in [5, 5.41) is 0. The van der Waals surface area contributed by atoms with E-state index in [1.807, 2.05) is 12.1 Å². The minimum absolute atomic E-state index is 0.150. The van der Waals surface area contributed by atoms with Gasteiger partial charge in [0.15, 0.2) is 17.3 Å². The lowest BCUT2D eigenvalue weighted by molar-refractivity contribution is -0.137. The third kappa shape index (κ3) is 3.50. The van der Waals surface area contributed by atoms with E-state index in [2.05, 4.69) is 0 Å². The number of alkyl halides is 3. The molecule has 2 aliphatic heterocycles. The molecule has 4 nitrogen and oxygen atoms in total. The van der Waals surface area contributed by atoms with E-state index in [9.17, 15) is 31.9 Å². The zero-order valence-electron chi connectivity index (χ0n) is 21.8. The van der Waals surface area contributed by atoms with Crippen molar-refractivity contribution in [3.05, 3.63) is 142 Å². The number of para-hydroxylation sites is 1. The number of Topliss-reactive ketones (excluding diaryl/α,β-unsaturated/α-hetero) is 3. The minimum Gasteiger partial charge on any atom is -0.352 e. The Morgan fingerprint density at radius 1 is 0.762 bits per heavy atom. The Bertz CT molecular complexity index is 1770. The second kappa shape index (κ2) is 9.08. The highest BCUT2D eigenvalue weighted by Gasteiger charge is 2.71. The molecule has 8 heteroatoms. The molecule has 1 fully saturated rings. The number of rotatable bonds is 3. The maximum atomic E-state index is 14.5. The molecule has 3 aliphatic rings. The fourth-order valence-electron chi connectivity index (χ4n) is 6.95. The number of carbonyl (C=O) groups is 3. The van der Waals surface area contributed by atoms with Crippen LogP contribution in [0.5, 0.6) is 0 Å². The van der Waals surface area contributed by atoms with Gasteiger partial charge in [-0.2, -0.15) is 13.2 Å². The topological polar surface area (TPSA) is 54.5 Å². The van der Waals surface area contributed by atoms with Gasteiger partial charge in [-0.15, -0.1) is 0 Å². The van der Waals surface area contributed by atoms with Crippen LogP contribution in [0.1, 0.15) is 53.7 Å². The summed E-state index contributed by atoms with van der Waals surface area (Å²) in [5.41, 5.74) is -0.554. The quantitative estimate of drug-likeness (QED) is 0.150.